The molecule has 4 heteroatoms. The van der Waals surface area contributed by atoms with Crippen molar-refractivity contribution in [2.75, 3.05) is 26.2 Å². The van der Waals surface area contributed by atoms with Crippen molar-refractivity contribution in [3.63, 3.8) is 0 Å². The molecular formula is C12H24N4. The zero-order valence-corrected chi connectivity index (χ0v) is 10.1. The van der Waals surface area contributed by atoms with Gasteiger partial charge in [0.2, 0.25) is 0 Å². The van der Waals surface area contributed by atoms with Crippen LogP contribution >= 0.6 is 0 Å². The molecule has 1 aliphatic carbocycles. The van der Waals surface area contributed by atoms with Crippen molar-refractivity contribution in [1.29, 1.82) is 0 Å². The van der Waals surface area contributed by atoms with Crippen LogP contribution in [0.2, 0.25) is 0 Å². The van der Waals surface area contributed by atoms with E-state index in [1.807, 2.05) is 0 Å². The van der Waals surface area contributed by atoms with Gasteiger partial charge in [-0.2, -0.15) is 0 Å². The van der Waals surface area contributed by atoms with E-state index >= 15 is 0 Å². The van der Waals surface area contributed by atoms with E-state index in [0.29, 0.717) is 0 Å². The molecule has 2 rings (SSSR count). The highest BCUT2D eigenvalue weighted by atomic mass is 15.2. The molecule has 0 aromatic carbocycles. The van der Waals surface area contributed by atoms with Crippen LogP contribution in [0.25, 0.3) is 0 Å². The van der Waals surface area contributed by atoms with Gasteiger partial charge in [0.05, 0.1) is 6.54 Å². The Hall–Kier alpha value is -0.770. The minimum atomic E-state index is 0.753. The molecule has 0 aromatic heterocycles. The van der Waals surface area contributed by atoms with Crippen molar-refractivity contribution in [2.24, 2.45) is 4.99 Å². The quantitative estimate of drug-likeness (QED) is 0.490. The zero-order chi connectivity index (χ0) is 11.1. The molecule has 4 nitrogen and oxygen atoms in total. The molecule has 1 aliphatic heterocycles. The molecule has 92 valence electrons. The molecule has 0 aromatic rings. The normalized spacial score (nSPS) is 22.4. The Labute approximate surface area is 98.3 Å². The predicted octanol–water partition coefficient (Wildman–Crippen LogP) is 0.848. The molecule has 16 heavy (non-hydrogen) atoms. The second-order valence-electron chi connectivity index (χ2n) is 4.73. The first-order chi connectivity index (χ1) is 7.95. The third-order valence-corrected chi connectivity index (χ3v) is 3.38. The van der Waals surface area contributed by atoms with Gasteiger partial charge in [-0.25, -0.2) is 0 Å². The predicted molar refractivity (Wildman–Crippen MR) is 67.8 cm³/mol. The maximum absolute atomic E-state index is 4.30. The summed E-state index contributed by atoms with van der Waals surface area (Å²) in [6.07, 6.45) is 8.38. The Kier molecular flexibility index (Phi) is 4.93. The van der Waals surface area contributed by atoms with E-state index in [9.17, 15) is 0 Å². The molecule has 1 fully saturated rings. The largest absolute Gasteiger partial charge is 0.355 e. The van der Waals surface area contributed by atoms with Gasteiger partial charge in [0.15, 0.2) is 5.96 Å². The van der Waals surface area contributed by atoms with E-state index in [0.717, 1.165) is 38.2 Å². The summed E-state index contributed by atoms with van der Waals surface area (Å²) in [5.41, 5.74) is 0. The highest BCUT2D eigenvalue weighted by molar-refractivity contribution is 5.81. The third kappa shape index (κ3) is 4.00. The Morgan fingerprint density at radius 1 is 1.12 bits per heavy atom. The number of rotatable bonds is 4. The number of nitrogens with zero attached hydrogens (tertiary/aromatic N) is 1. The van der Waals surface area contributed by atoms with Crippen molar-refractivity contribution >= 4 is 5.96 Å². The summed E-state index contributed by atoms with van der Waals surface area (Å²) in [6, 6.07) is 0.753. The Morgan fingerprint density at radius 3 is 2.62 bits per heavy atom. The molecule has 0 radical (unpaired) electrons. The van der Waals surface area contributed by atoms with Crippen LogP contribution in [0.15, 0.2) is 4.99 Å². The molecular weight excluding hydrogens is 200 g/mol. The Bertz CT molecular complexity index is 219. The van der Waals surface area contributed by atoms with Crippen LogP contribution in [-0.2, 0) is 0 Å². The van der Waals surface area contributed by atoms with Crippen molar-refractivity contribution in [1.82, 2.24) is 16.0 Å². The van der Waals surface area contributed by atoms with E-state index in [1.54, 1.807) is 0 Å². The molecule has 0 unspecified atom stereocenters. The molecule has 1 saturated carbocycles. The fourth-order valence-electron chi connectivity index (χ4n) is 2.46. The lowest BCUT2D eigenvalue weighted by Crippen LogP contribution is -2.40. The van der Waals surface area contributed by atoms with Gasteiger partial charge in [-0.1, -0.05) is 25.7 Å². The zero-order valence-electron chi connectivity index (χ0n) is 10.1. The van der Waals surface area contributed by atoms with Crippen molar-refractivity contribution in [3.8, 4) is 0 Å². The summed E-state index contributed by atoms with van der Waals surface area (Å²) in [7, 11) is 0. The number of hydrogen-bond donors (Lipinski definition) is 3. The summed E-state index contributed by atoms with van der Waals surface area (Å²) in [4.78, 5) is 4.30. The minimum Gasteiger partial charge on any atom is -0.355 e. The van der Waals surface area contributed by atoms with Gasteiger partial charge < -0.3 is 16.0 Å². The number of hydrogen-bond acceptors (Lipinski definition) is 4. The van der Waals surface area contributed by atoms with Crippen LogP contribution in [0.1, 0.15) is 38.5 Å². The number of nitrogens with one attached hydrogen (secondary N) is 3. The average Bonchev–Trinajstić information content (AvgIpc) is 2.68. The van der Waals surface area contributed by atoms with Crippen LogP contribution in [0, 0.1) is 0 Å². The first-order valence-corrected chi connectivity index (χ1v) is 6.71. The van der Waals surface area contributed by atoms with E-state index in [-0.39, 0.29) is 0 Å². The summed E-state index contributed by atoms with van der Waals surface area (Å²) in [5.74, 6) is 0.975. The van der Waals surface area contributed by atoms with Gasteiger partial charge in [0, 0.05) is 25.7 Å². The van der Waals surface area contributed by atoms with Gasteiger partial charge in [0.1, 0.15) is 0 Å². The summed E-state index contributed by atoms with van der Waals surface area (Å²) in [6.45, 7) is 3.92. The summed E-state index contributed by atoms with van der Waals surface area (Å²) < 4.78 is 0. The molecule has 0 saturated heterocycles. The van der Waals surface area contributed by atoms with E-state index in [2.05, 4.69) is 20.9 Å². The SMILES string of the molecule is C1CCCC(NCCNC2=NCCN2)CC1. The lowest BCUT2D eigenvalue weighted by Gasteiger charge is -2.16. The van der Waals surface area contributed by atoms with Crippen molar-refractivity contribution in [2.45, 2.75) is 44.6 Å². The highest BCUT2D eigenvalue weighted by Gasteiger charge is 2.11. The Morgan fingerprint density at radius 2 is 1.94 bits per heavy atom. The van der Waals surface area contributed by atoms with Crippen LogP contribution in [0.3, 0.4) is 0 Å². The van der Waals surface area contributed by atoms with Crippen LogP contribution in [0.4, 0.5) is 0 Å². The van der Waals surface area contributed by atoms with E-state index < -0.39 is 0 Å². The summed E-state index contributed by atoms with van der Waals surface area (Å²) in [5, 5.41) is 10.2. The monoisotopic (exact) mass is 224 g/mol. The second-order valence-corrected chi connectivity index (χ2v) is 4.73. The highest BCUT2D eigenvalue weighted by Crippen LogP contribution is 2.16. The molecule has 0 spiro atoms. The van der Waals surface area contributed by atoms with E-state index in [1.165, 1.54) is 38.5 Å². The Balaban J connectivity index is 1.53. The number of guanidine groups is 1. The molecule has 0 bridgehead atoms. The first kappa shape index (κ1) is 11.7. The number of aliphatic imine (C=N–C) groups is 1. The molecule has 0 amide bonds. The molecule has 2 aliphatic rings. The van der Waals surface area contributed by atoms with Crippen LogP contribution in [0.5, 0.6) is 0 Å². The molecule has 0 atom stereocenters. The van der Waals surface area contributed by atoms with Crippen LogP contribution in [-0.4, -0.2) is 38.2 Å². The average molecular weight is 224 g/mol. The van der Waals surface area contributed by atoms with Crippen LogP contribution < -0.4 is 16.0 Å². The lowest BCUT2D eigenvalue weighted by molar-refractivity contribution is 0.462. The topological polar surface area (TPSA) is 48.5 Å². The third-order valence-electron chi connectivity index (χ3n) is 3.38. The van der Waals surface area contributed by atoms with Gasteiger partial charge in [-0.3, -0.25) is 4.99 Å². The molecule has 1 heterocycles. The standard InChI is InChI=1S/C12H24N4/c1-2-4-6-11(5-3-1)13-7-8-14-12-15-9-10-16-12/h11,13H,1-10H2,(H2,14,15,16). The van der Waals surface area contributed by atoms with Crippen molar-refractivity contribution in [3.05, 3.63) is 0 Å². The minimum absolute atomic E-state index is 0.753. The van der Waals surface area contributed by atoms with E-state index in [4.69, 9.17) is 0 Å². The smallest absolute Gasteiger partial charge is 0.191 e. The fourth-order valence-corrected chi connectivity index (χ4v) is 2.46. The second kappa shape index (κ2) is 6.74. The maximum atomic E-state index is 4.30. The molecule has 3 N–H and O–H groups in total. The van der Waals surface area contributed by atoms with Gasteiger partial charge in [-0.05, 0) is 12.8 Å². The van der Waals surface area contributed by atoms with Gasteiger partial charge >= 0.3 is 0 Å². The van der Waals surface area contributed by atoms with Crippen molar-refractivity contribution < 1.29 is 0 Å². The lowest BCUT2D eigenvalue weighted by atomic mass is 10.1. The summed E-state index contributed by atoms with van der Waals surface area (Å²) >= 11 is 0. The van der Waals surface area contributed by atoms with Gasteiger partial charge in [-0.15, -0.1) is 0 Å². The van der Waals surface area contributed by atoms with Gasteiger partial charge in [0.25, 0.3) is 0 Å². The first-order valence-electron chi connectivity index (χ1n) is 6.71. The fraction of sp³-hybridized carbons (Fsp3) is 0.917. The maximum Gasteiger partial charge on any atom is 0.191 e.